The molecule has 5 aromatic rings. The Kier molecular flexibility index (Phi) is 3.91. The fraction of sp³-hybridized carbons (Fsp3) is 0.0417. The van der Waals surface area contributed by atoms with Crippen molar-refractivity contribution >= 4 is 21.8 Å². The number of para-hydroxylation sites is 2. The highest BCUT2D eigenvalue weighted by Gasteiger charge is 2.30. The van der Waals surface area contributed by atoms with Crippen LogP contribution in [-0.4, -0.2) is 9.55 Å². The van der Waals surface area contributed by atoms with Crippen LogP contribution in [0.2, 0.25) is 0 Å². The maximum atomic E-state index is 12.8. The molecule has 0 aliphatic rings. The van der Waals surface area contributed by atoms with Crippen LogP contribution in [0.3, 0.4) is 0 Å². The molecule has 142 valence electrons. The topological polar surface area (TPSA) is 17.8 Å². The van der Waals surface area contributed by atoms with E-state index in [9.17, 15) is 13.2 Å². The molecule has 0 aliphatic carbocycles. The summed E-state index contributed by atoms with van der Waals surface area (Å²) in [6.45, 7) is 0. The van der Waals surface area contributed by atoms with Crippen LogP contribution >= 0.6 is 0 Å². The van der Waals surface area contributed by atoms with Crippen molar-refractivity contribution in [3.63, 3.8) is 0 Å². The van der Waals surface area contributed by atoms with Gasteiger partial charge in [0.05, 0.1) is 22.3 Å². The number of pyridine rings is 1. The van der Waals surface area contributed by atoms with Gasteiger partial charge in [-0.3, -0.25) is 4.98 Å². The maximum Gasteiger partial charge on any atom is 0.417 e. The molecule has 2 heterocycles. The summed E-state index contributed by atoms with van der Waals surface area (Å²) in [5.41, 5.74) is 3.71. The Balaban J connectivity index is 1.71. The number of alkyl halides is 3. The Bertz CT molecular complexity index is 1320. The zero-order chi connectivity index (χ0) is 20.0. The quantitative estimate of drug-likeness (QED) is 0.323. The Hall–Kier alpha value is -3.60. The van der Waals surface area contributed by atoms with E-state index < -0.39 is 11.7 Å². The van der Waals surface area contributed by atoms with Gasteiger partial charge < -0.3 is 4.57 Å². The van der Waals surface area contributed by atoms with Crippen molar-refractivity contribution in [2.24, 2.45) is 0 Å². The first-order chi connectivity index (χ1) is 14.0. The van der Waals surface area contributed by atoms with Crippen LogP contribution < -0.4 is 0 Å². The number of hydrogen-bond donors (Lipinski definition) is 0. The molecule has 5 rings (SSSR count). The highest BCUT2D eigenvalue weighted by Crippen LogP contribution is 2.35. The highest BCUT2D eigenvalue weighted by molar-refractivity contribution is 6.10. The largest absolute Gasteiger partial charge is 0.417 e. The third-order valence-corrected chi connectivity index (χ3v) is 5.07. The van der Waals surface area contributed by atoms with Gasteiger partial charge in [-0.2, -0.15) is 13.2 Å². The average Bonchev–Trinajstić information content (AvgIpc) is 3.07. The van der Waals surface area contributed by atoms with E-state index in [1.54, 1.807) is 0 Å². The molecule has 0 saturated heterocycles. The lowest BCUT2D eigenvalue weighted by Crippen LogP contribution is -2.05. The summed E-state index contributed by atoms with van der Waals surface area (Å²) in [5, 5.41) is 2.11. The van der Waals surface area contributed by atoms with Gasteiger partial charge in [0.1, 0.15) is 0 Å². The predicted octanol–water partition coefficient (Wildman–Crippen LogP) is 6.86. The van der Waals surface area contributed by atoms with Crippen LogP contribution in [0, 0.1) is 0 Å². The van der Waals surface area contributed by atoms with E-state index >= 15 is 0 Å². The first kappa shape index (κ1) is 17.5. The monoisotopic (exact) mass is 388 g/mol. The van der Waals surface area contributed by atoms with E-state index in [4.69, 9.17) is 0 Å². The number of hydrogen-bond acceptors (Lipinski definition) is 1. The summed E-state index contributed by atoms with van der Waals surface area (Å²) in [6.07, 6.45) is -3.51. The summed E-state index contributed by atoms with van der Waals surface area (Å²) >= 11 is 0. The lowest BCUT2D eigenvalue weighted by Gasteiger charge is -2.09. The van der Waals surface area contributed by atoms with Crippen LogP contribution in [0.1, 0.15) is 5.56 Å². The molecule has 2 aromatic heterocycles. The van der Waals surface area contributed by atoms with Crippen molar-refractivity contribution in [1.82, 2.24) is 9.55 Å². The zero-order valence-electron chi connectivity index (χ0n) is 15.2. The van der Waals surface area contributed by atoms with Gasteiger partial charge in [0.2, 0.25) is 0 Å². The van der Waals surface area contributed by atoms with E-state index in [1.165, 1.54) is 6.07 Å². The number of nitrogens with zero attached hydrogens (tertiary/aromatic N) is 2. The van der Waals surface area contributed by atoms with Gasteiger partial charge in [0, 0.05) is 28.2 Å². The number of aromatic nitrogens is 2. The number of benzene rings is 3. The van der Waals surface area contributed by atoms with Gasteiger partial charge in [-0.1, -0.05) is 42.5 Å². The standard InChI is InChI=1S/C24H15F3N2/c25-24(26,27)17-11-12-21(28-15-17)16-10-13-23-20(14-16)19-8-4-5-9-22(19)29(23)18-6-2-1-3-7-18/h1-15H. The van der Waals surface area contributed by atoms with Crippen molar-refractivity contribution < 1.29 is 13.2 Å². The lowest BCUT2D eigenvalue weighted by molar-refractivity contribution is -0.137. The van der Waals surface area contributed by atoms with Crippen LogP contribution in [0.25, 0.3) is 38.8 Å². The average molecular weight is 388 g/mol. The molecule has 0 fully saturated rings. The van der Waals surface area contributed by atoms with Gasteiger partial charge in [-0.25, -0.2) is 0 Å². The fourth-order valence-corrected chi connectivity index (χ4v) is 3.72. The number of fused-ring (bicyclic) bond motifs is 3. The smallest absolute Gasteiger partial charge is 0.309 e. The van der Waals surface area contributed by atoms with Gasteiger partial charge in [0.15, 0.2) is 0 Å². The fourth-order valence-electron chi connectivity index (χ4n) is 3.72. The van der Waals surface area contributed by atoms with Gasteiger partial charge in [-0.15, -0.1) is 0 Å². The molecule has 2 nitrogen and oxygen atoms in total. The summed E-state index contributed by atoms with van der Waals surface area (Å²) in [5.74, 6) is 0. The second-order valence-electron chi connectivity index (χ2n) is 6.85. The molecule has 3 aromatic carbocycles. The first-order valence-electron chi connectivity index (χ1n) is 9.14. The number of rotatable bonds is 2. The maximum absolute atomic E-state index is 12.8. The minimum Gasteiger partial charge on any atom is -0.309 e. The third kappa shape index (κ3) is 2.95. The van der Waals surface area contributed by atoms with Gasteiger partial charge in [-0.05, 0) is 42.5 Å². The van der Waals surface area contributed by atoms with Crippen LogP contribution in [-0.2, 0) is 6.18 Å². The predicted molar refractivity (Wildman–Crippen MR) is 109 cm³/mol. The molecule has 0 bridgehead atoms. The highest BCUT2D eigenvalue weighted by atomic mass is 19.4. The van der Waals surface area contributed by atoms with Crippen molar-refractivity contribution in [1.29, 1.82) is 0 Å². The van der Waals surface area contributed by atoms with Crippen LogP contribution in [0.4, 0.5) is 13.2 Å². The van der Waals surface area contributed by atoms with Crippen molar-refractivity contribution in [2.75, 3.05) is 0 Å². The molecule has 0 atom stereocenters. The molecule has 0 radical (unpaired) electrons. The van der Waals surface area contributed by atoms with Crippen molar-refractivity contribution in [3.05, 3.63) is 96.7 Å². The van der Waals surface area contributed by atoms with Crippen molar-refractivity contribution in [3.8, 4) is 16.9 Å². The zero-order valence-corrected chi connectivity index (χ0v) is 15.2. The van der Waals surface area contributed by atoms with E-state index in [-0.39, 0.29) is 0 Å². The molecule has 0 spiro atoms. The normalized spacial score (nSPS) is 12.0. The van der Waals surface area contributed by atoms with Gasteiger partial charge in [0.25, 0.3) is 0 Å². The Morgan fingerprint density at radius 3 is 2.14 bits per heavy atom. The number of halogens is 3. The summed E-state index contributed by atoms with van der Waals surface area (Å²) < 4.78 is 40.7. The van der Waals surface area contributed by atoms with E-state index in [0.29, 0.717) is 5.69 Å². The SMILES string of the molecule is FC(F)(F)c1ccc(-c2ccc3c(c2)c2ccccc2n3-c2ccccc2)nc1. The second kappa shape index (κ2) is 6.48. The minimum atomic E-state index is -4.39. The molecule has 5 heteroatoms. The minimum absolute atomic E-state index is 0.511. The molecule has 0 saturated carbocycles. The summed E-state index contributed by atoms with van der Waals surface area (Å²) in [4.78, 5) is 4.04. The molecule has 29 heavy (non-hydrogen) atoms. The lowest BCUT2D eigenvalue weighted by atomic mass is 10.1. The molecule has 0 aliphatic heterocycles. The van der Waals surface area contributed by atoms with Crippen LogP contribution in [0.15, 0.2) is 91.1 Å². The molecule has 0 unspecified atom stereocenters. The van der Waals surface area contributed by atoms with E-state index in [1.807, 2.05) is 48.5 Å². The molecule has 0 amide bonds. The van der Waals surface area contributed by atoms with Gasteiger partial charge >= 0.3 is 6.18 Å². The molecular weight excluding hydrogens is 373 g/mol. The van der Waals surface area contributed by atoms with E-state index in [0.717, 1.165) is 45.3 Å². The Morgan fingerprint density at radius 2 is 1.41 bits per heavy atom. The van der Waals surface area contributed by atoms with Crippen LogP contribution in [0.5, 0.6) is 0 Å². The first-order valence-corrected chi connectivity index (χ1v) is 9.14. The van der Waals surface area contributed by atoms with Crippen molar-refractivity contribution in [2.45, 2.75) is 6.18 Å². The summed E-state index contributed by atoms with van der Waals surface area (Å²) in [7, 11) is 0. The van der Waals surface area contributed by atoms with E-state index in [2.05, 4.69) is 33.8 Å². The molecule has 0 N–H and O–H groups in total. The third-order valence-electron chi connectivity index (χ3n) is 5.07. The summed E-state index contributed by atoms with van der Waals surface area (Å²) in [6, 6.07) is 26.6. The Morgan fingerprint density at radius 1 is 0.690 bits per heavy atom. The second-order valence-corrected chi connectivity index (χ2v) is 6.85. The Labute approximate surface area is 164 Å². The molecular formula is C24H15F3N2.